The fourth-order valence-electron chi connectivity index (χ4n) is 4.13. The highest BCUT2D eigenvalue weighted by Crippen LogP contribution is 2.33. The number of nitrogens with zero attached hydrogens (tertiary/aromatic N) is 5. The molecule has 3 heterocycles. The highest BCUT2D eigenvalue weighted by atomic mass is 16.5. The van der Waals surface area contributed by atoms with Crippen molar-refractivity contribution in [1.82, 2.24) is 24.5 Å². The van der Waals surface area contributed by atoms with E-state index in [0.717, 1.165) is 42.1 Å². The summed E-state index contributed by atoms with van der Waals surface area (Å²) in [6.45, 7) is 4.79. The van der Waals surface area contributed by atoms with Crippen molar-refractivity contribution < 1.29 is 9.53 Å². The number of amides is 1. The summed E-state index contributed by atoms with van der Waals surface area (Å²) in [7, 11) is 1.66. The van der Waals surface area contributed by atoms with Crippen molar-refractivity contribution >= 4 is 11.7 Å². The third kappa shape index (κ3) is 3.32. The van der Waals surface area contributed by atoms with Crippen molar-refractivity contribution in [2.24, 2.45) is 0 Å². The molecule has 1 unspecified atom stereocenters. The van der Waals surface area contributed by atoms with E-state index in [2.05, 4.69) is 27.2 Å². The number of hydrogen-bond acceptors (Lipinski definition) is 5. The van der Waals surface area contributed by atoms with Crippen LogP contribution in [-0.2, 0) is 11.2 Å². The molecule has 0 saturated carbocycles. The van der Waals surface area contributed by atoms with Crippen LogP contribution in [0.25, 0.3) is 5.78 Å². The van der Waals surface area contributed by atoms with E-state index < -0.39 is 0 Å². The Labute approximate surface area is 164 Å². The van der Waals surface area contributed by atoms with Crippen LogP contribution in [0.1, 0.15) is 47.8 Å². The Morgan fingerprint density at radius 3 is 2.79 bits per heavy atom. The maximum Gasteiger partial charge on any atom is 0.252 e. The molecule has 1 aliphatic heterocycles. The zero-order valence-electron chi connectivity index (χ0n) is 16.6. The summed E-state index contributed by atoms with van der Waals surface area (Å²) >= 11 is 0. The van der Waals surface area contributed by atoms with Gasteiger partial charge in [0, 0.05) is 24.4 Å². The number of carbonyl (C=O) groups excluding carboxylic acids is 1. The molecule has 1 fully saturated rings. The van der Waals surface area contributed by atoms with Gasteiger partial charge in [-0.25, -0.2) is 9.50 Å². The van der Waals surface area contributed by atoms with Crippen LogP contribution in [0.3, 0.4) is 0 Å². The fraction of sp³-hybridized carbons (Fsp3) is 0.429. The van der Waals surface area contributed by atoms with Crippen molar-refractivity contribution in [1.29, 1.82) is 0 Å². The largest absolute Gasteiger partial charge is 0.497 e. The summed E-state index contributed by atoms with van der Waals surface area (Å²) in [6, 6.07) is 8.19. The molecule has 0 bridgehead atoms. The molecule has 1 saturated heterocycles. The topological polar surface area (TPSA) is 72.6 Å². The maximum atomic E-state index is 13.0. The Bertz CT molecular complexity index is 996. The molecule has 4 rings (SSSR count). The predicted molar refractivity (Wildman–Crippen MR) is 105 cm³/mol. The zero-order valence-corrected chi connectivity index (χ0v) is 16.6. The van der Waals surface area contributed by atoms with Gasteiger partial charge in [0.1, 0.15) is 12.1 Å². The Kier molecular flexibility index (Phi) is 4.98. The van der Waals surface area contributed by atoms with Gasteiger partial charge in [-0.1, -0.05) is 12.1 Å². The third-order valence-corrected chi connectivity index (χ3v) is 5.65. The molecule has 7 nitrogen and oxygen atoms in total. The minimum absolute atomic E-state index is 0.150. The van der Waals surface area contributed by atoms with Crippen molar-refractivity contribution in [3.05, 3.63) is 53.1 Å². The first-order valence-corrected chi connectivity index (χ1v) is 9.67. The summed E-state index contributed by atoms with van der Waals surface area (Å²) in [5, 5.41) is 4.23. The second-order valence-electron chi connectivity index (χ2n) is 7.25. The Balaban J connectivity index is 1.48. The van der Waals surface area contributed by atoms with Crippen molar-refractivity contribution in [3.63, 3.8) is 0 Å². The van der Waals surface area contributed by atoms with E-state index in [1.54, 1.807) is 11.6 Å². The van der Waals surface area contributed by atoms with Gasteiger partial charge in [-0.05, 0) is 56.4 Å². The molecule has 2 aromatic heterocycles. The van der Waals surface area contributed by atoms with Gasteiger partial charge < -0.3 is 9.64 Å². The molecule has 0 spiro atoms. The number of aromatic nitrogens is 4. The lowest BCUT2D eigenvalue weighted by molar-refractivity contribution is -0.132. The first kappa shape index (κ1) is 18.4. The average Bonchev–Trinajstić information content (AvgIpc) is 3.37. The number of ether oxygens (including phenoxy) is 1. The van der Waals surface area contributed by atoms with Gasteiger partial charge >= 0.3 is 0 Å². The maximum absolute atomic E-state index is 13.0. The number of aryl methyl sites for hydroxylation is 2. The number of methoxy groups -OCH3 is 1. The smallest absolute Gasteiger partial charge is 0.252 e. The fourth-order valence-corrected chi connectivity index (χ4v) is 4.13. The van der Waals surface area contributed by atoms with Crippen molar-refractivity contribution in [2.75, 3.05) is 13.7 Å². The van der Waals surface area contributed by atoms with E-state index >= 15 is 0 Å². The third-order valence-electron chi connectivity index (χ3n) is 5.65. The van der Waals surface area contributed by atoms with Crippen LogP contribution in [0.2, 0.25) is 0 Å². The molecule has 0 radical (unpaired) electrons. The summed E-state index contributed by atoms with van der Waals surface area (Å²) in [4.78, 5) is 23.7. The lowest BCUT2D eigenvalue weighted by Crippen LogP contribution is -2.30. The van der Waals surface area contributed by atoms with Gasteiger partial charge in [-0.3, -0.25) is 4.79 Å². The normalized spacial score (nSPS) is 16.7. The Morgan fingerprint density at radius 1 is 1.25 bits per heavy atom. The van der Waals surface area contributed by atoms with Crippen molar-refractivity contribution in [2.45, 2.75) is 45.6 Å². The molecule has 28 heavy (non-hydrogen) atoms. The molecule has 0 aliphatic carbocycles. The predicted octanol–water partition coefficient (Wildman–Crippen LogP) is 3.05. The number of carbonyl (C=O) groups is 1. The van der Waals surface area contributed by atoms with Crippen LogP contribution in [0, 0.1) is 13.8 Å². The standard InChI is InChI=1S/C21H25N5O2/c1-14-18(15(2)26-21(24-14)22-13-23-26)10-11-20(27)25-12-4-5-19(25)16-6-8-17(28-3)9-7-16/h6-9,13,19H,4-5,10-12H2,1-3H3. The average molecular weight is 379 g/mol. The summed E-state index contributed by atoms with van der Waals surface area (Å²) in [6.07, 6.45) is 4.67. The lowest BCUT2D eigenvalue weighted by atomic mass is 10.0. The highest BCUT2D eigenvalue weighted by Gasteiger charge is 2.29. The number of benzene rings is 1. The lowest BCUT2D eigenvalue weighted by Gasteiger charge is -2.25. The Hall–Kier alpha value is -2.96. The van der Waals surface area contributed by atoms with Gasteiger partial charge in [0.05, 0.1) is 13.2 Å². The molecule has 1 aliphatic rings. The number of hydrogen-bond donors (Lipinski definition) is 0. The minimum Gasteiger partial charge on any atom is -0.497 e. The van der Waals surface area contributed by atoms with Crippen LogP contribution in [0.4, 0.5) is 0 Å². The van der Waals surface area contributed by atoms with E-state index in [1.807, 2.05) is 30.9 Å². The summed E-state index contributed by atoms with van der Waals surface area (Å²) in [5.74, 6) is 1.63. The minimum atomic E-state index is 0.150. The molecular formula is C21H25N5O2. The number of likely N-dealkylation sites (tertiary alicyclic amines) is 1. The molecule has 0 N–H and O–H groups in total. The quantitative estimate of drug-likeness (QED) is 0.681. The van der Waals surface area contributed by atoms with Gasteiger partial charge in [0.15, 0.2) is 0 Å². The van der Waals surface area contributed by atoms with Crippen LogP contribution < -0.4 is 4.74 Å². The number of rotatable bonds is 5. The van der Waals surface area contributed by atoms with Gasteiger partial charge in [0.25, 0.3) is 5.78 Å². The van der Waals surface area contributed by atoms with Gasteiger partial charge in [0.2, 0.25) is 5.91 Å². The van der Waals surface area contributed by atoms with E-state index in [-0.39, 0.29) is 11.9 Å². The number of fused-ring (bicyclic) bond motifs is 1. The molecular weight excluding hydrogens is 354 g/mol. The molecule has 7 heteroatoms. The van der Waals surface area contributed by atoms with E-state index in [9.17, 15) is 4.79 Å². The second-order valence-corrected chi connectivity index (χ2v) is 7.25. The summed E-state index contributed by atoms with van der Waals surface area (Å²) in [5.41, 5.74) is 4.16. The van der Waals surface area contributed by atoms with E-state index in [0.29, 0.717) is 18.6 Å². The van der Waals surface area contributed by atoms with E-state index in [1.165, 1.54) is 11.9 Å². The SMILES string of the molecule is COc1ccc(C2CCCN2C(=O)CCc2c(C)nc3ncnn3c2C)cc1. The highest BCUT2D eigenvalue weighted by molar-refractivity contribution is 5.77. The molecule has 3 aromatic rings. The van der Waals surface area contributed by atoms with E-state index in [4.69, 9.17) is 4.74 Å². The van der Waals surface area contributed by atoms with Crippen LogP contribution in [-0.4, -0.2) is 44.0 Å². The Morgan fingerprint density at radius 2 is 2.04 bits per heavy atom. The van der Waals surface area contributed by atoms with Crippen LogP contribution in [0.5, 0.6) is 5.75 Å². The van der Waals surface area contributed by atoms with Gasteiger partial charge in [-0.2, -0.15) is 10.1 Å². The molecule has 146 valence electrons. The van der Waals surface area contributed by atoms with Crippen molar-refractivity contribution in [3.8, 4) is 5.75 Å². The molecule has 1 aromatic carbocycles. The second kappa shape index (κ2) is 7.58. The van der Waals surface area contributed by atoms with Crippen LogP contribution >= 0.6 is 0 Å². The first-order valence-electron chi connectivity index (χ1n) is 9.67. The molecule has 1 amide bonds. The zero-order chi connectivity index (χ0) is 19.7. The van der Waals surface area contributed by atoms with Crippen LogP contribution in [0.15, 0.2) is 30.6 Å². The first-order chi connectivity index (χ1) is 13.6. The van der Waals surface area contributed by atoms with Gasteiger partial charge in [-0.15, -0.1) is 0 Å². The monoisotopic (exact) mass is 379 g/mol. The molecule has 1 atom stereocenters. The summed E-state index contributed by atoms with van der Waals surface area (Å²) < 4.78 is 6.98.